The minimum Gasteiger partial charge on any atom is -0.492 e. The first kappa shape index (κ1) is 14.0. The summed E-state index contributed by atoms with van der Waals surface area (Å²) in [5, 5.41) is 3.33. The monoisotopic (exact) mass is 275 g/mol. The minimum atomic E-state index is -4.66. The molecule has 6 heteroatoms. The molecule has 19 heavy (non-hydrogen) atoms. The third kappa shape index (κ3) is 4.98. The number of hydrogen-bond acceptors (Lipinski definition) is 3. The van der Waals surface area contributed by atoms with Gasteiger partial charge in [0.2, 0.25) is 0 Å². The lowest BCUT2D eigenvalue weighted by Gasteiger charge is -2.23. The van der Waals surface area contributed by atoms with Crippen LogP contribution >= 0.6 is 0 Å². The number of benzene rings is 1. The summed E-state index contributed by atoms with van der Waals surface area (Å²) in [7, 11) is 0. The van der Waals surface area contributed by atoms with Crippen molar-refractivity contribution in [3.8, 4) is 11.5 Å². The van der Waals surface area contributed by atoms with Crippen LogP contribution in [0.4, 0.5) is 13.2 Å². The van der Waals surface area contributed by atoms with E-state index in [0.717, 1.165) is 13.0 Å². The molecule has 0 bridgehead atoms. The van der Waals surface area contributed by atoms with Gasteiger partial charge in [0.15, 0.2) is 0 Å². The van der Waals surface area contributed by atoms with E-state index in [1.807, 2.05) is 0 Å². The van der Waals surface area contributed by atoms with E-state index >= 15 is 0 Å². The lowest BCUT2D eigenvalue weighted by atomic mass is 10.1. The number of rotatable bonds is 4. The number of nitrogens with one attached hydrogen (secondary N) is 1. The van der Waals surface area contributed by atoms with Crippen LogP contribution in [-0.2, 0) is 0 Å². The Morgan fingerprint density at radius 2 is 1.79 bits per heavy atom. The molecule has 0 radical (unpaired) electrons. The Morgan fingerprint density at radius 1 is 1.11 bits per heavy atom. The largest absolute Gasteiger partial charge is 0.573 e. The van der Waals surface area contributed by atoms with Crippen LogP contribution in [0.1, 0.15) is 19.3 Å². The predicted octanol–water partition coefficient (Wildman–Crippen LogP) is 3.11. The van der Waals surface area contributed by atoms with Crippen LogP contribution in [0.3, 0.4) is 0 Å². The van der Waals surface area contributed by atoms with Crippen molar-refractivity contribution < 1.29 is 22.6 Å². The topological polar surface area (TPSA) is 30.5 Å². The highest BCUT2D eigenvalue weighted by molar-refractivity contribution is 5.31. The van der Waals surface area contributed by atoms with Crippen molar-refractivity contribution in [3.63, 3.8) is 0 Å². The van der Waals surface area contributed by atoms with E-state index in [4.69, 9.17) is 4.74 Å². The first-order chi connectivity index (χ1) is 9.03. The molecular formula is C13H16F3NO2. The molecule has 0 aliphatic carbocycles. The van der Waals surface area contributed by atoms with Crippen LogP contribution in [0.5, 0.6) is 11.5 Å². The molecule has 1 aliphatic rings. The van der Waals surface area contributed by atoms with Crippen LogP contribution < -0.4 is 14.8 Å². The summed E-state index contributed by atoms with van der Waals surface area (Å²) in [4.78, 5) is 0. The van der Waals surface area contributed by atoms with Crippen molar-refractivity contribution in [1.29, 1.82) is 0 Å². The van der Waals surface area contributed by atoms with Crippen molar-refractivity contribution in [1.82, 2.24) is 5.32 Å². The summed E-state index contributed by atoms with van der Waals surface area (Å²) < 4.78 is 45.2. The Labute approximate surface area is 109 Å². The average Bonchev–Trinajstić information content (AvgIpc) is 2.37. The highest BCUT2D eigenvalue weighted by Crippen LogP contribution is 2.24. The van der Waals surface area contributed by atoms with Crippen LogP contribution in [-0.4, -0.2) is 25.6 Å². The standard InChI is InChI=1S/C13H16F3NO2/c14-13(15,16)19-12-6-4-11(5-7-12)18-9-10-3-1-2-8-17-10/h4-7,10,17H,1-3,8-9H2. The van der Waals surface area contributed by atoms with Gasteiger partial charge >= 0.3 is 6.36 Å². The van der Waals surface area contributed by atoms with Crippen LogP contribution in [0.25, 0.3) is 0 Å². The fourth-order valence-electron chi connectivity index (χ4n) is 2.00. The number of hydrogen-bond donors (Lipinski definition) is 1. The molecule has 3 nitrogen and oxygen atoms in total. The maximum atomic E-state index is 12.0. The second-order valence-corrected chi connectivity index (χ2v) is 4.48. The van der Waals surface area contributed by atoms with Crippen LogP contribution in [0.2, 0.25) is 0 Å². The van der Waals surface area contributed by atoms with E-state index in [1.165, 1.54) is 37.1 Å². The fourth-order valence-corrected chi connectivity index (χ4v) is 2.00. The zero-order valence-electron chi connectivity index (χ0n) is 10.4. The molecule has 1 unspecified atom stereocenters. The summed E-state index contributed by atoms with van der Waals surface area (Å²) in [6.07, 6.45) is -1.23. The number of piperidine rings is 1. The van der Waals surface area contributed by atoms with Crippen molar-refractivity contribution in [3.05, 3.63) is 24.3 Å². The van der Waals surface area contributed by atoms with Gasteiger partial charge in [-0.25, -0.2) is 0 Å². The maximum absolute atomic E-state index is 12.0. The molecule has 106 valence electrons. The highest BCUT2D eigenvalue weighted by atomic mass is 19.4. The van der Waals surface area contributed by atoms with E-state index in [9.17, 15) is 13.2 Å². The first-order valence-corrected chi connectivity index (χ1v) is 6.25. The average molecular weight is 275 g/mol. The Balaban J connectivity index is 1.81. The Bertz CT molecular complexity index is 386. The van der Waals surface area contributed by atoms with E-state index in [0.29, 0.717) is 18.4 Å². The van der Waals surface area contributed by atoms with Gasteiger partial charge < -0.3 is 14.8 Å². The van der Waals surface area contributed by atoms with Gasteiger partial charge in [-0.2, -0.15) is 0 Å². The van der Waals surface area contributed by atoms with Crippen molar-refractivity contribution in [2.45, 2.75) is 31.7 Å². The molecule has 0 aromatic heterocycles. The van der Waals surface area contributed by atoms with Crippen molar-refractivity contribution in [2.24, 2.45) is 0 Å². The van der Waals surface area contributed by atoms with Crippen molar-refractivity contribution >= 4 is 0 Å². The molecule has 1 aliphatic heterocycles. The molecule has 0 saturated carbocycles. The molecule has 1 N–H and O–H groups in total. The molecule has 1 aromatic rings. The maximum Gasteiger partial charge on any atom is 0.573 e. The van der Waals surface area contributed by atoms with Gasteiger partial charge in [0.1, 0.15) is 18.1 Å². The predicted molar refractivity (Wildman–Crippen MR) is 64.3 cm³/mol. The zero-order valence-corrected chi connectivity index (χ0v) is 10.4. The Hall–Kier alpha value is -1.43. The molecule has 2 rings (SSSR count). The van der Waals surface area contributed by atoms with Gasteiger partial charge in [0, 0.05) is 6.04 Å². The summed E-state index contributed by atoms with van der Waals surface area (Å²) in [6.45, 7) is 1.52. The molecule has 0 amide bonds. The molecule has 0 spiro atoms. The second-order valence-electron chi connectivity index (χ2n) is 4.48. The third-order valence-electron chi connectivity index (χ3n) is 2.92. The van der Waals surface area contributed by atoms with Gasteiger partial charge in [-0.05, 0) is 43.7 Å². The van der Waals surface area contributed by atoms with E-state index in [2.05, 4.69) is 10.1 Å². The highest BCUT2D eigenvalue weighted by Gasteiger charge is 2.30. The molecule has 1 saturated heterocycles. The summed E-state index contributed by atoms with van der Waals surface area (Å²) in [6, 6.07) is 5.77. The van der Waals surface area contributed by atoms with Gasteiger partial charge in [-0.1, -0.05) is 6.42 Å². The molecule has 1 atom stereocenters. The van der Waals surface area contributed by atoms with Crippen LogP contribution in [0, 0.1) is 0 Å². The quantitative estimate of drug-likeness (QED) is 0.916. The van der Waals surface area contributed by atoms with Crippen LogP contribution in [0.15, 0.2) is 24.3 Å². The fraction of sp³-hybridized carbons (Fsp3) is 0.538. The molecular weight excluding hydrogens is 259 g/mol. The number of ether oxygens (including phenoxy) is 2. The summed E-state index contributed by atoms with van der Waals surface area (Å²) in [5.41, 5.74) is 0. The number of alkyl halides is 3. The molecule has 1 heterocycles. The molecule has 1 aromatic carbocycles. The normalized spacial score (nSPS) is 20.1. The molecule has 1 fully saturated rings. The summed E-state index contributed by atoms with van der Waals surface area (Å²) >= 11 is 0. The van der Waals surface area contributed by atoms with E-state index in [1.54, 1.807) is 0 Å². The third-order valence-corrected chi connectivity index (χ3v) is 2.92. The van der Waals surface area contributed by atoms with E-state index in [-0.39, 0.29) is 5.75 Å². The lowest BCUT2D eigenvalue weighted by Crippen LogP contribution is -2.38. The zero-order chi connectivity index (χ0) is 13.7. The Kier molecular flexibility index (Phi) is 4.52. The van der Waals surface area contributed by atoms with E-state index < -0.39 is 6.36 Å². The van der Waals surface area contributed by atoms with Crippen molar-refractivity contribution in [2.75, 3.05) is 13.2 Å². The minimum absolute atomic E-state index is 0.240. The number of halogens is 3. The van der Waals surface area contributed by atoms with Gasteiger partial charge in [0.05, 0.1) is 0 Å². The summed E-state index contributed by atoms with van der Waals surface area (Å²) in [5.74, 6) is 0.303. The van der Waals surface area contributed by atoms with Gasteiger partial charge in [-0.3, -0.25) is 0 Å². The Morgan fingerprint density at radius 3 is 2.37 bits per heavy atom. The SMILES string of the molecule is FC(F)(F)Oc1ccc(OCC2CCCCN2)cc1. The smallest absolute Gasteiger partial charge is 0.492 e. The lowest BCUT2D eigenvalue weighted by molar-refractivity contribution is -0.274. The van der Waals surface area contributed by atoms with Gasteiger partial charge in [-0.15, -0.1) is 13.2 Å². The second kappa shape index (κ2) is 6.14. The first-order valence-electron chi connectivity index (χ1n) is 6.25. The van der Waals surface area contributed by atoms with Gasteiger partial charge in [0.25, 0.3) is 0 Å².